The molecule has 0 atom stereocenters. The Bertz CT molecular complexity index is 1350. The van der Waals surface area contributed by atoms with E-state index in [9.17, 15) is 5.11 Å². The molecule has 5 rings (SSSR count). The van der Waals surface area contributed by atoms with Crippen molar-refractivity contribution in [3.63, 3.8) is 0 Å². The number of aromatic amines is 1. The van der Waals surface area contributed by atoms with E-state index in [1.165, 1.54) is 0 Å². The van der Waals surface area contributed by atoms with Crippen molar-refractivity contribution in [1.29, 1.82) is 0 Å². The Morgan fingerprint density at radius 2 is 1.50 bits per heavy atom. The molecule has 32 heavy (non-hydrogen) atoms. The molecule has 0 unspecified atom stereocenters. The van der Waals surface area contributed by atoms with E-state index in [4.69, 9.17) is 4.52 Å². The molecule has 8 nitrogen and oxygen atoms in total. The van der Waals surface area contributed by atoms with Crippen LogP contribution in [0, 0.1) is 0 Å². The normalized spacial score (nSPS) is 11.6. The molecule has 158 valence electrons. The molecule has 3 aromatic heterocycles. The van der Waals surface area contributed by atoms with Gasteiger partial charge in [-0.15, -0.1) is 0 Å². The number of imidazole rings is 1. The molecule has 0 aliphatic heterocycles. The SMILES string of the molecule is CC(C)(O)c1nc(-c2cccc(-c3ncc(-c4cnc(-c5ccccc5)nc4)[nH]3)c2)no1. The van der Waals surface area contributed by atoms with E-state index >= 15 is 0 Å². The minimum absolute atomic E-state index is 0.164. The molecule has 0 saturated carbocycles. The third-order valence-corrected chi connectivity index (χ3v) is 4.91. The van der Waals surface area contributed by atoms with Crippen LogP contribution in [0.15, 0.2) is 77.7 Å². The first-order chi connectivity index (χ1) is 15.5. The second-order valence-corrected chi connectivity index (χ2v) is 7.87. The molecule has 3 heterocycles. The smallest absolute Gasteiger partial charge is 0.258 e. The van der Waals surface area contributed by atoms with Gasteiger partial charge in [-0.1, -0.05) is 53.7 Å². The van der Waals surface area contributed by atoms with Crippen LogP contribution in [0.2, 0.25) is 0 Å². The monoisotopic (exact) mass is 424 g/mol. The number of rotatable bonds is 5. The van der Waals surface area contributed by atoms with Crippen molar-refractivity contribution in [3.05, 3.63) is 79.1 Å². The summed E-state index contributed by atoms with van der Waals surface area (Å²) in [6.45, 7) is 3.20. The molecule has 0 aliphatic carbocycles. The zero-order valence-corrected chi connectivity index (χ0v) is 17.5. The number of H-pyrrole nitrogens is 1. The summed E-state index contributed by atoms with van der Waals surface area (Å²) in [5, 5.41) is 14.0. The maximum atomic E-state index is 10.1. The molecule has 5 aromatic rings. The van der Waals surface area contributed by atoms with Crippen molar-refractivity contribution >= 4 is 0 Å². The highest BCUT2D eigenvalue weighted by Crippen LogP contribution is 2.27. The van der Waals surface area contributed by atoms with Crippen LogP contribution in [0.1, 0.15) is 19.7 Å². The van der Waals surface area contributed by atoms with E-state index in [-0.39, 0.29) is 5.89 Å². The molecule has 0 saturated heterocycles. The maximum Gasteiger partial charge on any atom is 0.258 e. The van der Waals surface area contributed by atoms with Crippen LogP contribution in [0.4, 0.5) is 0 Å². The topological polar surface area (TPSA) is 114 Å². The van der Waals surface area contributed by atoms with Crippen LogP contribution in [-0.4, -0.2) is 35.2 Å². The summed E-state index contributed by atoms with van der Waals surface area (Å²) < 4.78 is 5.18. The highest BCUT2D eigenvalue weighted by atomic mass is 16.5. The second kappa shape index (κ2) is 7.82. The summed E-state index contributed by atoms with van der Waals surface area (Å²) in [6.07, 6.45) is 5.31. The number of nitrogens with zero attached hydrogens (tertiary/aromatic N) is 5. The molecule has 0 bridgehead atoms. The number of hydrogen-bond acceptors (Lipinski definition) is 7. The highest BCUT2D eigenvalue weighted by molar-refractivity contribution is 5.69. The Kier molecular flexibility index (Phi) is 4.84. The minimum atomic E-state index is -1.20. The number of hydrogen-bond donors (Lipinski definition) is 2. The van der Waals surface area contributed by atoms with Crippen LogP contribution >= 0.6 is 0 Å². The first kappa shape index (κ1) is 19.8. The van der Waals surface area contributed by atoms with Crippen molar-refractivity contribution in [3.8, 4) is 45.4 Å². The molecule has 0 amide bonds. The van der Waals surface area contributed by atoms with E-state index < -0.39 is 5.60 Å². The summed E-state index contributed by atoms with van der Waals surface area (Å²) in [4.78, 5) is 21.1. The first-order valence-corrected chi connectivity index (χ1v) is 10.1. The summed E-state index contributed by atoms with van der Waals surface area (Å²) in [6, 6.07) is 17.5. The maximum absolute atomic E-state index is 10.1. The van der Waals surface area contributed by atoms with Gasteiger partial charge in [0.1, 0.15) is 11.4 Å². The van der Waals surface area contributed by atoms with Gasteiger partial charge < -0.3 is 14.6 Å². The molecular formula is C24H20N6O2. The van der Waals surface area contributed by atoms with E-state index in [2.05, 4.69) is 30.1 Å². The fraction of sp³-hybridized carbons (Fsp3) is 0.125. The Hall–Kier alpha value is -4.17. The van der Waals surface area contributed by atoms with E-state index in [0.717, 1.165) is 27.9 Å². The number of benzene rings is 2. The summed E-state index contributed by atoms with van der Waals surface area (Å²) in [7, 11) is 0. The molecule has 2 N–H and O–H groups in total. The van der Waals surface area contributed by atoms with E-state index in [1.54, 1.807) is 32.4 Å². The predicted octanol–water partition coefficient (Wildman–Crippen LogP) is 4.48. The number of aromatic nitrogens is 6. The average molecular weight is 424 g/mol. The minimum Gasteiger partial charge on any atom is -0.381 e. The summed E-state index contributed by atoms with van der Waals surface area (Å²) >= 11 is 0. The lowest BCUT2D eigenvalue weighted by Gasteiger charge is -2.09. The lowest BCUT2D eigenvalue weighted by molar-refractivity contribution is 0.0420. The molecular weight excluding hydrogens is 404 g/mol. The van der Waals surface area contributed by atoms with Crippen LogP contribution < -0.4 is 0 Å². The van der Waals surface area contributed by atoms with Crippen molar-refractivity contribution < 1.29 is 9.63 Å². The summed E-state index contributed by atoms with van der Waals surface area (Å²) in [5.74, 6) is 1.94. The molecule has 0 radical (unpaired) electrons. The third kappa shape index (κ3) is 3.91. The molecule has 0 fully saturated rings. The van der Waals surface area contributed by atoms with E-state index in [1.807, 2.05) is 54.6 Å². The van der Waals surface area contributed by atoms with Crippen molar-refractivity contribution in [2.45, 2.75) is 19.4 Å². The van der Waals surface area contributed by atoms with Gasteiger partial charge in [0.25, 0.3) is 5.89 Å². The number of aliphatic hydroxyl groups is 1. The van der Waals surface area contributed by atoms with Gasteiger partial charge in [-0.05, 0) is 19.9 Å². The van der Waals surface area contributed by atoms with Crippen LogP contribution in [0.3, 0.4) is 0 Å². The zero-order chi connectivity index (χ0) is 22.1. The van der Waals surface area contributed by atoms with Gasteiger partial charge in [0.2, 0.25) is 5.82 Å². The summed E-state index contributed by atoms with van der Waals surface area (Å²) in [5.41, 5.74) is 3.05. The van der Waals surface area contributed by atoms with Crippen molar-refractivity contribution in [1.82, 2.24) is 30.1 Å². The largest absolute Gasteiger partial charge is 0.381 e. The van der Waals surface area contributed by atoms with Gasteiger partial charge in [-0.25, -0.2) is 15.0 Å². The molecule has 0 aliphatic rings. The van der Waals surface area contributed by atoms with Gasteiger partial charge in [0.15, 0.2) is 5.82 Å². The van der Waals surface area contributed by atoms with Crippen LogP contribution in [0.5, 0.6) is 0 Å². The quantitative estimate of drug-likeness (QED) is 0.428. The van der Waals surface area contributed by atoms with Gasteiger partial charge >= 0.3 is 0 Å². The van der Waals surface area contributed by atoms with Crippen molar-refractivity contribution in [2.75, 3.05) is 0 Å². The van der Waals surface area contributed by atoms with Gasteiger partial charge in [-0.2, -0.15) is 4.98 Å². The first-order valence-electron chi connectivity index (χ1n) is 10.1. The van der Waals surface area contributed by atoms with Gasteiger partial charge in [0, 0.05) is 34.6 Å². The Morgan fingerprint density at radius 1 is 0.781 bits per heavy atom. The lowest BCUT2D eigenvalue weighted by Crippen LogP contribution is -2.15. The molecule has 0 spiro atoms. The van der Waals surface area contributed by atoms with Crippen LogP contribution in [0.25, 0.3) is 45.4 Å². The predicted molar refractivity (Wildman–Crippen MR) is 119 cm³/mol. The lowest BCUT2D eigenvalue weighted by atomic mass is 10.1. The zero-order valence-electron chi connectivity index (χ0n) is 17.5. The standard InChI is InChI=1S/C24H20N6O2/c1-24(2,31)23-29-22(30-32-23)17-10-6-9-16(11-17)21-27-14-19(28-21)18-12-25-20(26-13-18)15-7-4-3-5-8-15/h3-14,31H,1-2H3,(H,27,28). The average Bonchev–Trinajstić information content (AvgIpc) is 3.50. The second-order valence-electron chi connectivity index (χ2n) is 7.87. The fourth-order valence-corrected chi connectivity index (χ4v) is 3.21. The van der Waals surface area contributed by atoms with E-state index in [0.29, 0.717) is 17.5 Å². The number of nitrogens with one attached hydrogen (secondary N) is 1. The van der Waals surface area contributed by atoms with Crippen molar-refractivity contribution in [2.24, 2.45) is 0 Å². The fourth-order valence-electron chi connectivity index (χ4n) is 3.21. The van der Waals surface area contributed by atoms with Gasteiger partial charge in [0.05, 0.1) is 11.9 Å². The Balaban J connectivity index is 1.40. The van der Waals surface area contributed by atoms with Gasteiger partial charge in [-0.3, -0.25) is 0 Å². The Labute approximate surface area is 184 Å². The molecule has 8 heteroatoms. The third-order valence-electron chi connectivity index (χ3n) is 4.91. The van der Waals surface area contributed by atoms with Crippen LogP contribution in [-0.2, 0) is 5.60 Å². The Morgan fingerprint density at radius 3 is 2.22 bits per heavy atom. The molecule has 2 aromatic carbocycles. The highest BCUT2D eigenvalue weighted by Gasteiger charge is 2.24.